The van der Waals surface area contributed by atoms with Gasteiger partial charge in [-0.1, -0.05) is 76.5 Å². The lowest BCUT2D eigenvalue weighted by atomic mass is 9.76. The lowest BCUT2D eigenvalue weighted by molar-refractivity contribution is -0.140. The largest absolute Gasteiger partial charge is 0.370 e. The summed E-state index contributed by atoms with van der Waals surface area (Å²) in [6.45, 7) is 6.24. The quantitative estimate of drug-likeness (QED) is 0.124. The molecule has 2 bridgehead atoms. The Balaban J connectivity index is 1.65. The van der Waals surface area contributed by atoms with Crippen molar-refractivity contribution in [3.05, 3.63) is 41.5 Å². The monoisotopic (exact) mass is 793 g/mol. The Morgan fingerprint density at radius 1 is 1.04 bits per heavy atom. The minimum Gasteiger partial charge on any atom is -0.370 e. The molecular weight excluding hydrogens is 731 g/mol. The number of nitrogens with two attached hydrogens (primary N) is 3. The Kier molecular flexibility index (Phi) is 17.0. The van der Waals surface area contributed by atoms with Crippen molar-refractivity contribution in [2.45, 2.75) is 128 Å². The SMILES string of the molecule is CC(C)(C)[C@H](CC(=O)[C@H](CCCN=C(N)N)NC(=O)[C@@H]1CSCc2cccc(c2)/C=C/CCC(=O)N2CCC[C@H]2C(=O)N[C@@H](C2CCCCC2)C(=O)C1)C(N)=O. The predicted molar refractivity (Wildman–Crippen MR) is 221 cm³/mol. The zero-order valence-corrected chi connectivity index (χ0v) is 34.2. The van der Waals surface area contributed by atoms with E-state index in [1.807, 2.05) is 51.1 Å². The first-order valence-electron chi connectivity index (χ1n) is 20.3. The summed E-state index contributed by atoms with van der Waals surface area (Å²) in [4.78, 5) is 88.1. The first-order chi connectivity index (χ1) is 26.6. The number of amides is 4. The van der Waals surface area contributed by atoms with Crippen molar-refractivity contribution >= 4 is 59.0 Å². The summed E-state index contributed by atoms with van der Waals surface area (Å²) in [6, 6.07) is 5.60. The van der Waals surface area contributed by atoms with E-state index in [1.165, 1.54) is 11.8 Å². The van der Waals surface area contributed by atoms with E-state index in [0.717, 1.165) is 43.2 Å². The molecule has 3 aliphatic rings. The molecule has 0 spiro atoms. The molecule has 4 amide bonds. The average molecular weight is 794 g/mol. The van der Waals surface area contributed by atoms with Gasteiger partial charge in [0.05, 0.1) is 18.0 Å². The molecule has 2 aliphatic heterocycles. The van der Waals surface area contributed by atoms with Crippen LogP contribution in [-0.2, 0) is 34.5 Å². The maximum absolute atomic E-state index is 14.5. The Morgan fingerprint density at radius 3 is 2.48 bits per heavy atom. The molecule has 14 heteroatoms. The van der Waals surface area contributed by atoms with Gasteiger partial charge in [0.25, 0.3) is 0 Å². The summed E-state index contributed by atoms with van der Waals surface area (Å²) in [5, 5.41) is 6.04. The van der Waals surface area contributed by atoms with Gasteiger partial charge in [-0.05, 0) is 67.4 Å². The van der Waals surface area contributed by atoms with Crippen LogP contribution in [0.15, 0.2) is 35.3 Å². The fourth-order valence-corrected chi connectivity index (χ4v) is 9.16. The minimum atomic E-state index is -0.971. The van der Waals surface area contributed by atoms with Gasteiger partial charge in [-0.25, -0.2) is 0 Å². The predicted octanol–water partition coefficient (Wildman–Crippen LogP) is 4.00. The van der Waals surface area contributed by atoms with Crippen LogP contribution in [0.2, 0.25) is 0 Å². The van der Waals surface area contributed by atoms with Gasteiger partial charge in [0.15, 0.2) is 17.5 Å². The van der Waals surface area contributed by atoms with Crippen molar-refractivity contribution in [1.82, 2.24) is 15.5 Å². The van der Waals surface area contributed by atoms with Crippen LogP contribution in [0.3, 0.4) is 0 Å². The molecule has 1 aliphatic carbocycles. The Hall–Kier alpha value is -4.20. The van der Waals surface area contributed by atoms with Crippen LogP contribution in [0.1, 0.15) is 115 Å². The molecule has 1 aromatic carbocycles. The molecule has 5 atom stereocenters. The molecule has 56 heavy (non-hydrogen) atoms. The summed E-state index contributed by atoms with van der Waals surface area (Å²) >= 11 is 1.52. The first-order valence-corrected chi connectivity index (χ1v) is 21.4. The highest BCUT2D eigenvalue weighted by atomic mass is 32.2. The van der Waals surface area contributed by atoms with Crippen LogP contribution in [0.5, 0.6) is 0 Å². The number of rotatable bonds is 11. The van der Waals surface area contributed by atoms with Crippen LogP contribution < -0.4 is 27.8 Å². The van der Waals surface area contributed by atoms with E-state index in [0.29, 0.717) is 38.0 Å². The molecule has 4 rings (SSSR count). The maximum Gasteiger partial charge on any atom is 0.243 e. The number of fused-ring (bicyclic) bond motifs is 3. The number of guanidine groups is 1. The third-order valence-corrected chi connectivity index (χ3v) is 12.5. The molecule has 2 heterocycles. The Morgan fingerprint density at radius 2 is 1.79 bits per heavy atom. The first kappa shape index (κ1) is 44.5. The summed E-state index contributed by atoms with van der Waals surface area (Å²) in [6.07, 6.45) is 10.8. The van der Waals surface area contributed by atoms with Gasteiger partial charge in [-0.3, -0.25) is 33.8 Å². The number of Topliss-reactive ketones (excluding diaryl/α,β-unsaturated/α-hetero) is 2. The van der Waals surface area contributed by atoms with Crippen LogP contribution in [0.4, 0.5) is 0 Å². The maximum atomic E-state index is 14.5. The zero-order valence-electron chi connectivity index (χ0n) is 33.4. The number of ketones is 2. The number of nitrogens with one attached hydrogen (secondary N) is 2. The van der Waals surface area contributed by atoms with E-state index >= 15 is 0 Å². The van der Waals surface area contributed by atoms with E-state index < -0.39 is 47.2 Å². The molecule has 8 N–H and O–H groups in total. The molecule has 0 radical (unpaired) electrons. The van der Waals surface area contributed by atoms with E-state index in [1.54, 1.807) is 4.90 Å². The average Bonchev–Trinajstić information content (AvgIpc) is 3.65. The van der Waals surface area contributed by atoms with Crippen molar-refractivity contribution in [2.24, 2.45) is 45.4 Å². The number of aliphatic imine (C=N–C) groups is 1. The number of carbonyl (C=O) groups excluding carboxylic acids is 6. The molecule has 1 saturated carbocycles. The van der Waals surface area contributed by atoms with Gasteiger partial charge in [0.1, 0.15) is 6.04 Å². The molecule has 2 fully saturated rings. The molecule has 0 unspecified atom stereocenters. The van der Waals surface area contributed by atoms with Gasteiger partial charge in [0, 0.05) is 49.8 Å². The van der Waals surface area contributed by atoms with E-state index in [2.05, 4.69) is 21.7 Å². The standard InChI is InChI=1S/C42H63N7O6S/c1-42(2,3)31(38(43)53)24-34(50)32(17-10-20-46-41(44)45)47-39(54)30-23-35(51)37(29-15-5-4-6-16-29)48-40(55)33-18-11-21-49(33)36(52)19-8-7-12-27-13-9-14-28(22-27)25-56-26-30/h7,9,12-14,22,29-33,37H,4-6,8,10-11,15-21,23-26H2,1-3H3,(H2,43,53)(H,47,54)(H,48,55)(H4,44,45,46)/b12-7+/t30-,31+,32-,33-,37-/m0/s1. The van der Waals surface area contributed by atoms with Crippen LogP contribution in [0.25, 0.3) is 6.08 Å². The van der Waals surface area contributed by atoms with Crippen molar-refractivity contribution in [3.8, 4) is 0 Å². The Bertz CT molecular complexity index is 1610. The van der Waals surface area contributed by atoms with Crippen LogP contribution in [-0.4, -0.2) is 83.0 Å². The fourth-order valence-electron chi connectivity index (χ4n) is 8.07. The summed E-state index contributed by atoms with van der Waals surface area (Å²) < 4.78 is 0. The van der Waals surface area contributed by atoms with Gasteiger partial charge < -0.3 is 32.7 Å². The molecule has 308 valence electrons. The number of thioether (sulfide) groups is 1. The number of nitrogens with zero attached hydrogens (tertiary/aromatic N) is 2. The molecular formula is C42H63N7O6S. The number of hydrogen-bond acceptors (Lipinski definition) is 8. The number of carbonyl (C=O) groups is 6. The van der Waals surface area contributed by atoms with Gasteiger partial charge in [-0.15, -0.1) is 0 Å². The zero-order chi connectivity index (χ0) is 40.8. The van der Waals surface area contributed by atoms with Crippen molar-refractivity contribution in [2.75, 3.05) is 18.8 Å². The van der Waals surface area contributed by atoms with E-state index in [-0.39, 0.29) is 73.2 Å². The molecule has 1 saturated heterocycles. The third-order valence-electron chi connectivity index (χ3n) is 11.3. The topological polar surface area (TPSA) is 220 Å². The minimum absolute atomic E-state index is 0.0836. The van der Waals surface area contributed by atoms with E-state index in [9.17, 15) is 28.8 Å². The number of allylic oxidation sites excluding steroid dienone is 1. The van der Waals surface area contributed by atoms with Gasteiger partial charge in [0.2, 0.25) is 23.6 Å². The second-order valence-corrected chi connectivity index (χ2v) is 17.7. The number of benzene rings is 1. The lowest BCUT2D eigenvalue weighted by Gasteiger charge is -2.33. The summed E-state index contributed by atoms with van der Waals surface area (Å²) in [5.41, 5.74) is 18.2. The van der Waals surface area contributed by atoms with Crippen LogP contribution >= 0.6 is 11.8 Å². The van der Waals surface area contributed by atoms with Gasteiger partial charge in [-0.2, -0.15) is 11.8 Å². The third kappa shape index (κ3) is 13.5. The fraction of sp³-hybridized carbons (Fsp3) is 0.643. The van der Waals surface area contributed by atoms with Crippen molar-refractivity contribution < 1.29 is 28.8 Å². The van der Waals surface area contributed by atoms with Crippen molar-refractivity contribution in [1.29, 1.82) is 0 Å². The normalized spacial score (nSPS) is 23.7. The van der Waals surface area contributed by atoms with Crippen LogP contribution in [0, 0.1) is 23.2 Å². The highest BCUT2D eigenvalue weighted by Crippen LogP contribution is 2.31. The second-order valence-electron chi connectivity index (χ2n) is 16.7. The second kappa shape index (κ2) is 21.4. The number of primary amides is 1. The van der Waals surface area contributed by atoms with E-state index in [4.69, 9.17) is 17.2 Å². The highest BCUT2D eigenvalue weighted by molar-refractivity contribution is 7.98. The summed E-state index contributed by atoms with van der Waals surface area (Å²) in [7, 11) is 0. The molecule has 1 aromatic rings. The number of hydrogen-bond donors (Lipinski definition) is 5. The van der Waals surface area contributed by atoms with Gasteiger partial charge >= 0.3 is 0 Å². The lowest BCUT2D eigenvalue weighted by Crippen LogP contribution is -2.54. The molecule has 0 aromatic heterocycles. The summed E-state index contributed by atoms with van der Waals surface area (Å²) in [5.74, 6) is -2.94. The highest BCUT2D eigenvalue weighted by Gasteiger charge is 2.40. The van der Waals surface area contributed by atoms with Crippen molar-refractivity contribution in [3.63, 3.8) is 0 Å². The Labute approximate surface area is 336 Å². The molecule has 13 nitrogen and oxygen atoms in total. The smallest absolute Gasteiger partial charge is 0.243 e.